The van der Waals surface area contributed by atoms with Gasteiger partial charge in [-0.1, -0.05) is 25.4 Å². The van der Waals surface area contributed by atoms with Crippen LogP contribution in [-0.2, 0) is 4.79 Å². The van der Waals surface area contributed by atoms with Gasteiger partial charge < -0.3 is 14.5 Å². The van der Waals surface area contributed by atoms with E-state index in [1.54, 1.807) is 23.1 Å². The molecule has 2 amide bonds. The Kier molecular flexibility index (Phi) is 5.88. The molecular formula is C17H23ClN2O3. The first-order valence-corrected chi connectivity index (χ1v) is 8.20. The van der Waals surface area contributed by atoms with Crippen molar-refractivity contribution in [3.8, 4) is 5.75 Å². The molecule has 1 aliphatic heterocycles. The molecule has 0 spiro atoms. The Hall–Kier alpha value is -1.75. The molecule has 5 nitrogen and oxygen atoms in total. The predicted molar refractivity (Wildman–Crippen MR) is 89.9 cm³/mol. The Morgan fingerprint density at radius 3 is 2.35 bits per heavy atom. The number of carbonyl (C=O) groups excluding carboxylic acids is 2. The molecule has 0 aromatic heterocycles. The minimum Gasteiger partial charge on any atom is -0.496 e. The van der Waals surface area contributed by atoms with Crippen LogP contribution < -0.4 is 4.74 Å². The van der Waals surface area contributed by atoms with Crippen LogP contribution in [0.3, 0.4) is 0 Å². The number of piperazine rings is 1. The van der Waals surface area contributed by atoms with Crippen LogP contribution in [0.4, 0.5) is 0 Å². The smallest absolute Gasteiger partial charge is 0.257 e. The highest BCUT2D eigenvalue weighted by molar-refractivity contribution is 6.31. The highest BCUT2D eigenvalue weighted by atomic mass is 35.5. The Morgan fingerprint density at radius 1 is 1.17 bits per heavy atom. The zero-order valence-electron chi connectivity index (χ0n) is 13.8. The van der Waals surface area contributed by atoms with Crippen molar-refractivity contribution in [2.75, 3.05) is 33.3 Å². The zero-order chi connectivity index (χ0) is 17.0. The first-order chi connectivity index (χ1) is 10.9. The van der Waals surface area contributed by atoms with Gasteiger partial charge in [-0.3, -0.25) is 9.59 Å². The molecule has 126 valence electrons. The summed E-state index contributed by atoms with van der Waals surface area (Å²) in [7, 11) is 1.53. The van der Waals surface area contributed by atoms with Gasteiger partial charge in [-0.2, -0.15) is 0 Å². The van der Waals surface area contributed by atoms with Crippen molar-refractivity contribution in [3.05, 3.63) is 28.8 Å². The first kappa shape index (κ1) is 17.6. The van der Waals surface area contributed by atoms with Gasteiger partial charge in [0.25, 0.3) is 5.91 Å². The third-order valence-electron chi connectivity index (χ3n) is 3.89. The maximum Gasteiger partial charge on any atom is 0.257 e. The van der Waals surface area contributed by atoms with E-state index in [1.807, 2.05) is 18.7 Å². The summed E-state index contributed by atoms with van der Waals surface area (Å²) in [5, 5.41) is 0.500. The van der Waals surface area contributed by atoms with Crippen LogP contribution in [-0.4, -0.2) is 54.9 Å². The van der Waals surface area contributed by atoms with E-state index in [9.17, 15) is 9.59 Å². The Bertz CT molecular complexity index is 581. The van der Waals surface area contributed by atoms with Gasteiger partial charge in [0, 0.05) is 37.6 Å². The minimum absolute atomic E-state index is 0.111. The SMILES string of the molecule is COc1ccc(Cl)cc1C(=O)N1CCN(C(=O)CC(C)C)CC1. The topological polar surface area (TPSA) is 49.9 Å². The fourth-order valence-electron chi connectivity index (χ4n) is 2.65. The lowest BCUT2D eigenvalue weighted by atomic mass is 10.1. The van der Waals surface area contributed by atoms with Crippen molar-refractivity contribution < 1.29 is 14.3 Å². The molecule has 6 heteroatoms. The third kappa shape index (κ3) is 4.38. The predicted octanol–water partition coefficient (Wildman–Crippen LogP) is 2.68. The standard InChI is InChI=1S/C17H23ClN2O3/c1-12(2)10-16(21)19-6-8-20(9-7-19)17(22)14-11-13(18)4-5-15(14)23-3/h4-5,11-12H,6-10H2,1-3H3. The summed E-state index contributed by atoms with van der Waals surface area (Å²) >= 11 is 5.99. The highest BCUT2D eigenvalue weighted by Crippen LogP contribution is 2.24. The minimum atomic E-state index is -0.111. The number of hydrogen-bond acceptors (Lipinski definition) is 3. The molecule has 23 heavy (non-hydrogen) atoms. The molecule has 1 aromatic rings. The molecule has 1 aromatic carbocycles. The van der Waals surface area contributed by atoms with E-state index < -0.39 is 0 Å². The van der Waals surface area contributed by atoms with E-state index in [2.05, 4.69) is 0 Å². The molecule has 0 atom stereocenters. The van der Waals surface area contributed by atoms with Gasteiger partial charge in [0.1, 0.15) is 5.75 Å². The van der Waals surface area contributed by atoms with Crippen molar-refractivity contribution in [2.45, 2.75) is 20.3 Å². The molecular weight excluding hydrogens is 316 g/mol. The fourth-order valence-corrected chi connectivity index (χ4v) is 2.83. The van der Waals surface area contributed by atoms with Gasteiger partial charge in [0.2, 0.25) is 5.91 Å². The van der Waals surface area contributed by atoms with Gasteiger partial charge >= 0.3 is 0 Å². The molecule has 0 saturated carbocycles. The average Bonchev–Trinajstić information content (AvgIpc) is 2.53. The zero-order valence-corrected chi connectivity index (χ0v) is 14.6. The largest absolute Gasteiger partial charge is 0.496 e. The van der Waals surface area contributed by atoms with Crippen molar-refractivity contribution >= 4 is 23.4 Å². The van der Waals surface area contributed by atoms with Crippen LogP contribution >= 0.6 is 11.6 Å². The van der Waals surface area contributed by atoms with E-state index in [4.69, 9.17) is 16.3 Å². The maximum absolute atomic E-state index is 12.7. The molecule has 0 unspecified atom stereocenters. The second-order valence-electron chi connectivity index (χ2n) is 6.12. The Labute approximate surface area is 142 Å². The second kappa shape index (κ2) is 7.68. The molecule has 1 fully saturated rings. The van der Waals surface area contributed by atoms with Crippen LogP contribution in [0.2, 0.25) is 5.02 Å². The van der Waals surface area contributed by atoms with Gasteiger partial charge in [-0.25, -0.2) is 0 Å². The number of ether oxygens (including phenoxy) is 1. The Balaban J connectivity index is 2.01. The van der Waals surface area contributed by atoms with Crippen molar-refractivity contribution in [3.63, 3.8) is 0 Å². The van der Waals surface area contributed by atoms with E-state index in [-0.39, 0.29) is 11.8 Å². The number of carbonyl (C=O) groups is 2. The number of nitrogens with zero attached hydrogens (tertiary/aromatic N) is 2. The van der Waals surface area contributed by atoms with E-state index in [0.717, 1.165) is 0 Å². The van der Waals surface area contributed by atoms with E-state index in [0.29, 0.717) is 54.9 Å². The Morgan fingerprint density at radius 2 is 1.78 bits per heavy atom. The fraction of sp³-hybridized carbons (Fsp3) is 0.529. The van der Waals surface area contributed by atoms with Crippen molar-refractivity contribution in [1.82, 2.24) is 9.80 Å². The lowest BCUT2D eigenvalue weighted by molar-refractivity contribution is -0.133. The quantitative estimate of drug-likeness (QED) is 0.848. The van der Waals surface area contributed by atoms with E-state index >= 15 is 0 Å². The number of halogens is 1. The van der Waals surface area contributed by atoms with Crippen LogP contribution in [0, 0.1) is 5.92 Å². The van der Waals surface area contributed by atoms with Crippen LogP contribution in [0.5, 0.6) is 5.75 Å². The van der Waals surface area contributed by atoms with Crippen molar-refractivity contribution in [1.29, 1.82) is 0 Å². The summed E-state index contributed by atoms with van der Waals surface area (Å²) in [6.45, 7) is 6.25. The number of methoxy groups -OCH3 is 1. The molecule has 0 bridgehead atoms. The van der Waals surface area contributed by atoms with Gasteiger partial charge in [0.05, 0.1) is 12.7 Å². The maximum atomic E-state index is 12.7. The summed E-state index contributed by atoms with van der Waals surface area (Å²) in [4.78, 5) is 28.3. The molecule has 0 N–H and O–H groups in total. The molecule has 1 aliphatic rings. The van der Waals surface area contributed by atoms with Crippen LogP contribution in [0.25, 0.3) is 0 Å². The lowest BCUT2D eigenvalue weighted by Crippen LogP contribution is -2.50. The number of benzene rings is 1. The van der Waals surface area contributed by atoms with Gasteiger partial charge in [-0.05, 0) is 24.1 Å². The van der Waals surface area contributed by atoms with Crippen LogP contribution in [0.15, 0.2) is 18.2 Å². The average molecular weight is 339 g/mol. The molecule has 2 rings (SSSR count). The second-order valence-corrected chi connectivity index (χ2v) is 6.55. The highest BCUT2D eigenvalue weighted by Gasteiger charge is 2.26. The first-order valence-electron chi connectivity index (χ1n) is 7.83. The summed E-state index contributed by atoms with van der Waals surface area (Å²) in [6.07, 6.45) is 0.552. The normalized spacial score (nSPS) is 15.0. The van der Waals surface area contributed by atoms with Crippen LogP contribution in [0.1, 0.15) is 30.6 Å². The molecule has 1 saturated heterocycles. The van der Waals surface area contributed by atoms with Gasteiger partial charge in [-0.15, -0.1) is 0 Å². The monoisotopic (exact) mass is 338 g/mol. The van der Waals surface area contributed by atoms with Crippen molar-refractivity contribution in [2.24, 2.45) is 5.92 Å². The lowest BCUT2D eigenvalue weighted by Gasteiger charge is -2.35. The third-order valence-corrected chi connectivity index (χ3v) is 4.13. The number of amides is 2. The number of hydrogen-bond donors (Lipinski definition) is 0. The van der Waals surface area contributed by atoms with Gasteiger partial charge in [0.15, 0.2) is 0 Å². The number of rotatable bonds is 4. The molecule has 0 radical (unpaired) electrons. The summed E-state index contributed by atoms with van der Waals surface area (Å²) < 4.78 is 5.24. The molecule has 1 heterocycles. The summed E-state index contributed by atoms with van der Waals surface area (Å²) in [5.74, 6) is 0.906. The summed E-state index contributed by atoms with van der Waals surface area (Å²) in [6, 6.07) is 5.01. The molecule has 0 aliphatic carbocycles. The summed E-state index contributed by atoms with van der Waals surface area (Å²) in [5.41, 5.74) is 0.460. The van der Waals surface area contributed by atoms with E-state index in [1.165, 1.54) is 7.11 Å².